The van der Waals surface area contributed by atoms with E-state index in [1.807, 2.05) is 16.0 Å². The van der Waals surface area contributed by atoms with Crippen LogP contribution in [0.25, 0.3) is 0 Å². The Balaban J connectivity index is 1.59. The highest BCUT2D eigenvalue weighted by molar-refractivity contribution is 5.76. The summed E-state index contributed by atoms with van der Waals surface area (Å²) in [6.45, 7) is 6.04. The van der Waals surface area contributed by atoms with Crippen LogP contribution in [0, 0.1) is 12.3 Å². The summed E-state index contributed by atoms with van der Waals surface area (Å²) < 4.78 is 0. The molecule has 0 bridgehead atoms. The van der Waals surface area contributed by atoms with Gasteiger partial charge in [-0.1, -0.05) is 24.3 Å². The normalized spacial score (nSPS) is 24.6. The van der Waals surface area contributed by atoms with Gasteiger partial charge < -0.3 is 10.0 Å². The predicted molar refractivity (Wildman–Crippen MR) is 102 cm³/mol. The van der Waals surface area contributed by atoms with Gasteiger partial charge in [0.1, 0.15) is 0 Å². The Kier molecular flexibility index (Phi) is 6.68. The summed E-state index contributed by atoms with van der Waals surface area (Å²) >= 11 is 0. The van der Waals surface area contributed by atoms with Crippen LogP contribution in [-0.2, 0) is 16.1 Å². The van der Waals surface area contributed by atoms with Crippen molar-refractivity contribution in [3.8, 4) is 0 Å². The number of likely N-dealkylation sites (tertiary alicyclic amines) is 1. The van der Waals surface area contributed by atoms with Crippen molar-refractivity contribution in [3.63, 3.8) is 0 Å². The molecular weight excluding hydrogens is 328 g/mol. The quantitative estimate of drug-likeness (QED) is 0.847. The minimum Gasteiger partial charge on any atom is -0.396 e. The van der Waals surface area contributed by atoms with E-state index in [9.17, 15) is 9.90 Å². The fourth-order valence-corrected chi connectivity index (χ4v) is 4.17. The van der Waals surface area contributed by atoms with Crippen LogP contribution in [0.1, 0.15) is 43.2 Å². The van der Waals surface area contributed by atoms with E-state index in [1.54, 1.807) is 0 Å². The highest BCUT2D eigenvalue weighted by atomic mass is 16.7. The number of hydrogen-bond acceptors (Lipinski definition) is 4. The minimum absolute atomic E-state index is 0.125. The Labute approximate surface area is 156 Å². The van der Waals surface area contributed by atoms with E-state index in [4.69, 9.17) is 4.84 Å². The maximum Gasteiger partial charge on any atom is 0.223 e. The number of nitrogens with zero attached hydrogens (tertiary/aromatic N) is 2. The Bertz CT molecular complexity index is 601. The molecule has 0 aromatic heterocycles. The molecule has 1 amide bonds. The minimum atomic E-state index is -0.221. The highest BCUT2D eigenvalue weighted by Gasteiger charge is 2.37. The zero-order valence-corrected chi connectivity index (χ0v) is 16.0. The molecule has 0 radical (unpaired) electrons. The molecule has 3 rings (SSSR count). The second-order valence-electron chi connectivity index (χ2n) is 7.90. The predicted octanol–water partition coefficient (Wildman–Crippen LogP) is 2.56. The summed E-state index contributed by atoms with van der Waals surface area (Å²) in [6, 6.07) is 8.35. The number of aliphatic hydroxyl groups is 1. The topological polar surface area (TPSA) is 53.0 Å². The zero-order valence-electron chi connectivity index (χ0n) is 16.0. The third-order valence-corrected chi connectivity index (χ3v) is 5.83. The van der Waals surface area contributed by atoms with E-state index >= 15 is 0 Å². The second kappa shape index (κ2) is 8.98. The van der Waals surface area contributed by atoms with Gasteiger partial charge in [0.05, 0.1) is 13.2 Å². The van der Waals surface area contributed by atoms with E-state index < -0.39 is 0 Å². The maximum absolute atomic E-state index is 12.7. The first-order chi connectivity index (χ1) is 12.6. The van der Waals surface area contributed by atoms with Crippen molar-refractivity contribution in [2.75, 3.05) is 39.4 Å². The molecule has 0 aliphatic carbocycles. The number of carbonyl (C=O) groups excluding carboxylic acids is 1. The van der Waals surface area contributed by atoms with Crippen molar-refractivity contribution in [1.82, 2.24) is 9.96 Å². The summed E-state index contributed by atoms with van der Waals surface area (Å²) in [6.07, 6.45) is 5.49. The monoisotopic (exact) mass is 360 g/mol. The number of aliphatic hydroxyl groups excluding tert-OH is 1. The molecule has 5 nitrogen and oxygen atoms in total. The van der Waals surface area contributed by atoms with Gasteiger partial charge in [-0.15, -0.1) is 0 Å². The van der Waals surface area contributed by atoms with Crippen LogP contribution in [0.3, 0.4) is 0 Å². The SMILES string of the molecule is Cc1ccccc1C[C@]1(CO)CCCN(C(=O)CCN2CCCCO2)C1. The van der Waals surface area contributed by atoms with Gasteiger partial charge in [0, 0.05) is 38.0 Å². The van der Waals surface area contributed by atoms with Gasteiger partial charge >= 0.3 is 0 Å². The average molecular weight is 360 g/mol. The van der Waals surface area contributed by atoms with E-state index in [0.29, 0.717) is 19.5 Å². The van der Waals surface area contributed by atoms with E-state index in [2.05, 4.69) is 25.1 Å². The molecule has 1 aromatic rings. The van der Waals surface area contributed by atoms with Crippen LogP contribution >= 0.6 is 0 Å². The molecule has 0 spiro atoms. The zero-order chi connectivity index (χ0) is 18.4. The van der Waals surface area contributed by atoms with Crippen LogP contribution in [0.5, 0.6) is 0 Å². The van der Waals surface area contributed by atoms with Crippen molar-refractivity contribution < 1.29 is 14.7 Å². The third-order valence-electron chi connectivity index (χ3n) is 5.83. The van der Waals surface area contributed by atoms with Gasteiger partial charge in [-0.25, -0.2) is 0 Å². The molecular formula is C21H32N2O3. The van der Waals surface area contributed by atoms with Crippen molar-refractivity contribution in [2.24, 2.45) is 5.41 Å². The molecule has 2 fully saturated rings. The molecule has 0 saturated carbocycles. The van der Waals surface area contributed by atoms with Gasteiger partial charge in [0.2, 0.25) is 5.91 Å². The molecule has 5 heteroatoms. The number of piperidine rings is 1. The largest absolute Gasteiger partial charge is 0.396 e. The summed E-state index contributed by atoms with van der Waals surface area (Å²) in [5, 5.41) is 12.1. The molecule has 1 atom stereocenters. The lowest BCUT2D eigenvalue weighted by Gasteiger charge is -2.42. The molecule has 1 N–H and O–H groups in total. The first-order valence-corrected chi connectivity index (χ1v) is 9.93. The Morgan fingerprint density at radius 1 is 1.23 bits per heavy atom. The number of hydrogen-bond donors (Lipinski definition) is 1. The Morgan fingerprint density at radius 3 is 2.81 bits per heavy atom. The maximum atomic E-state index is 12.7. The number of benzene rings is 1. The van der Waals surface area contributed by atoms with Crippen molar-refractivity contribution in [1.29, 1.82) is 0 Å². The second-order valence-corrected chi connectivity index (χ2v) is 7.90. The van der Waals surface area contributed by atoms with Crippen LogP contribution in [0.15, 0.2) is 24.3 Å². The standard InChI is InChI=1S/C21H32N2O3/c1-18-7-2-3-8-19(18)15-21(17-24)10-6-11-22(16-21)20(25)9-13-23-12-4-5-14-26-23/h2-3,7-8,24H,4-6,9-17H2,1H3/t21-/m1/s1. The van der Waals surface area contributed by atoms with E-state index in [-0.39, 0.29) is 17.9 Å². The molecule has 0 unspecified atom stereocenters. The number of amides is 1. The lowest BCUT2D eigenvalue weighted by molar-refractivity contribution is -0.183. The number of carbonyl (C=O) groups is 1. The fraction of sp³-hybridized carbons (Fsp3) is 0.667. The first kappa shape index (κ1) is 19.3. The molecule has 144 valence electrons. The van der Waals surface area contributed by atoms with Crippen molar-refractivity contribution in [2.45, 2.75) is 45.4 Å². The molecule has 2 aliphatic heterocycles. The Morgan fingerprint density at radius 2 is 2.08 bits per heavy atom. The molecule has 2 saturated heterocycles. The summed E-state index contributed by atoms with van der Waals surface area (Å²) in [7, 11) is 0. The summed E-state index contributed by atoms with van der Waals surface area (Å²) in [4.78, 5) is 20.3. The van der Waals surface area contributed by atoms with Gasteiger partial charge in [-0.3, -0.25) is 9.63 Å². The van der Waals surface area contributed by atoms with Crippen LogP contribution < -0.4 is 0 Å². The summed E-state index contributed by atoms with van der Waals surface area (Å²) in [5.74, 6) is 0.182. The van der Waals surface area contributed by atoms with Gasteiger partial charge in [-0.05, 0) is 50.2 Å². The van der Waals surface area contributed by atoms with E-state index in [0.717, 1.165) is 51.8 Å². The smallest absolute Gasteiger partial charge is 0.223 e. The Hall–Kier alpha value is -1.43. The number of rotatable bonds is 6. The van der Waals surface area contributed by atoms with Gasteiger partial charge in [0.15, 0.2) is 0 Å². The van der Waals surface area contributed by atoms with Crippen molar-refractivity contribution >= 4 is 5.91 Å². The molecule has 2 heterocycles. The van der Waals surface area contributed by atoms with Crippen molar-refractivity contribution in [3.05, 3.63) is 35.4 Å². The summed E-state index contributed by atoms with van der Waals surface area (Å²) in [5.41, 5.74) is 2.31. The van der Waals surface area contributed by atoms with E-state index in [1.165, 1.54) is 11.1 Å². The molecule has 26 heavy (non-hydrogen) atoms. The molecule has 1 aromatic carbocycles. The van der Waals surface area contributed by atoms with Gasteiger partial charge in [-0.2, -0.15) is 5.06 Å². The van der Waals surface area contributed by atoms with Crippen LogP contribution in [0.2, 0.25) is 0 Å². The highest BCUT2D eigenvalue weighted by Crippen LogP contribution is 2.34. The average Bonchev–Trinajstić information content (AvgIpc) is 2.69. The number of hydroxylamine groups is 2. The number of aryl methyl sites for hydroxylation is 1. The lowest BCUT2D eigenvalue weighted by atomic mass is 9.75. The third kappa shape index (κ3) is 4.84. The van der Waals surface area contributed by atoms with Crippen LogP contribution in [0.4, 0.5) is 0 Å². The fourth-order valence-electron chi connectivity index (χ4n) is 4.17. The van der Waals surface area contributed by atoms with Gasteiger partial charge in [0.25, 0.3) is 0 Å². The molecule has 2 aliphatic rings. The van der Waals surface area contributed by atoms with Crippen LogP contribution in [-0.4, -0.2) is 60.4 Å². The first-order valence-electron chi connectivity index (χ1n) is 9.93. The lowest BCUT2D eigenvalue weighted by Crippen LogP contribution is -2.49.